The summed E-state index contributed by atoms with van der Waals surface area (Å²) < 4.78 is 0. The molecule has 0 spiro atoms. The number of rotatable bonds is 3. The molecule has 5 nitrogen and oxygen atoms in total. The minimum Gasteiger partial charge on any atom is -0.331 e. The lowest BCUT2D eigenvalue weighted by Gasteiger charge is -2.13. The molecule has 88 valence electrons. The molecule has 0 aliphatic rings. The maximum atomic E-state index is 11.8. The summed E-state index contributed by atoms with van der Waals surface area (Å²) in [6, 6.07) is 4.25. The van der Waals surface area contributed by atoms with E-state index >= 15 is 0 Å². The van der Waals surface area contributed by atoms with Crippen LogP contribution < -0.4 is 0 Å². The molecule has 5 heteroatoms. The Morgan fingerprint density at radius 2 is 2.24 bits per heavy atom. The fourth-order valence-electron chi connectivity index (χ4n) is 1.42. The molecule has 0 atom stereocenters. The molecule has 1 aromatic carbocycles. The van der Waals surface area contributed by atoms with Gasteiger partial charge < -0.3 is 4.90 Å². The number of nitro groups is 1. The Morgan fingerprint density at radius 3 is 2.71 bits per heavy atom. The van der Waals surface area contributed by atoms with E-state index in [0.29, 0.717) is 11.1 Å². The molecule has 1 rings (SSSR count). The van der Waals surface area contributed by atoms with Crippen LogP contribution in [-0.2, 0) is 0 Å². The van der Waals surface area contributed by atoms with Crippen molar-refractivity contribution in [3.05, 3.63) is 39.4 Å². The molecule has 1 aromatic rings. The summed E-state index contributed by atoms with van der Waals surface area (Å²) in [5, 5.41) is 10.6. The smallest absolute Gasteiger partial charge is 0.272 e. The highest BCUT2D eigenvalue weighted by Crippen LogP contribution is 2.19. The van der Waals surface area contributed by atoms with Crippen molar-refractivity contribution < 1.29 is 9.72 Å². The first-order chi connectivity index (χ1) is 7.97. The van der Waals surface area contributed by atoms with Gasteiger partial charge in [0.1, 0.15) is 0 Å². The predicted molar refractivity (Wildman–Crippen MR) is 63.6 cm³/mol. The van der Waals surface area contributed by atoms with E-state index in [1.54, 1.807) is 14.0 Å². The van der Waals surface area contributed by atoms with Crippen LogP contribution >= 0.6 is 0 Å². The fraction of sp³-hybridized carbons (Fsp3) is 0.250. The summed E-state index contributed by atoms with van der Waals surface area (Å²) in [5.41, 5.74) is 0.849. The van der Waals surface area contributed by atoms with Gasteiger partial charge in [0.25, 0.3) is 11.6 Å². The van der Waals surface area contributed by atoms with Gasteiger partial charge in [0.15, 0.2) is 0 Å². The number of carbonyl (C=O) groups is 1. The maximum Gasteiger partial charge on any atom is 0.272 e. The van der Waals surface area contributed by atoms with Gasteiger partial charge in [-0.05, 0) is 19.1 Å². The van der Waals surface area contributed by atoms with Crippen LogP contribution in [0.2, 0.25) is 0 Å². The highest BCUT2D eigenvalue weighted by molar-refractivity contribution is 5.94. The summed E-state index contributed by atoms with van der Waals surface area (Å²) in [6.45, 7) is 1.80. The summed E-state index contributed by atoms with van der Waals surface area (Å²) in [6.07, 6.45) is 5.11. The molecule has 0 N–H and O–H groups in total. The van der Waals surface area contributed by atoms with Crippen LogP contribution in [0.1, 0.15) is 15.9 Å². The van der Waals surface area contributed by atoms with Gasteiger partial charge in [-0.2, -0.15) is 0 Å². The van der Waals surface area contributed by atoms with Crippen molar-refractivity contribution in [2.45, 2.75) is 6.92 Å². The summed E-state index contributed by atoms with van der Waals surface area (Å²) in [5.74, 6) is 2.11. The third-order valence-electron chi connectivity index (χ3n) is 2.32. The molecule has 0 aromatic heterocycles. The van der Waals surface area contributed by atoms with E-state index in [-0.39, 0.29) is 18.1 Å². The van der Waals surface area contributed by atoms with Crippen LogP contribution in [0.5, 0.6) is 0 Å². The number of hydrogen-bond acceptors (Lipinski definition) is 3. The monoisotopic (exact) mass is 232 g/mol. The van der Waals surface area contributed by atoms with Crippen LogP contribution in [0.3, 0.4) is 0 Å². The topological polar surface area (TPSA) is 63.5 Å². The van der Waals surface area contributed by atoms with Gasteiger partial charge in [-0.3, -0.25) is 14.9 Å². The van der Waals surface area contributed by atoms with E-state index in [2.05, 4.69) is 5.92 Å². The van der Waals surface area contributed by atoms with Gasteiger partial charge in [-0.25, -0.2) is 0 Å². The zero-order valence-electron chi connectivity index (χ0n) is 9.64. The van der Waals surface area contributed by atoms with E-state index < -0.39 is 4.92 Å². The molecular formula is C12H12N2O3. The molecule has 0 radical (unpaired) electrons. The van der Waals surface area contributed by atoms with Crippen LogP contribution in [0, 0.1) is 29.4 Å². The molecule has 0 fully saturated rings. The number of benzene rings is 1. The fourth-order valence-corrected chi connectivity index (χ4v) is 1.42. The minimum absolute atomic E-state index is 0.00107. The Morgan fingerprint density at radius 1 is 1.59 bits per heavy atom. The second kappa shape index (κ2) is 5.12. The van der Waals surface area contributed by atoms with E-state index in [4.69, 9.17) is 6.42 Å². The van der Waals surface area contributed by atoms with E-state index in [0.717, 1.165) is 0 Å². The molecule has 0 unspecified atom stereocenters. The lowest BCUT2D eigenvalue weighted by atomic mass is 10.1. The van der Waals surface area contributed by atoms with Gasteiger partial charge in [-0.15, -0.1) is 6.42 Å². The highest BCUT2D eigenvalue weighted by atomic mass is 16.6. The Bertz CT molecular complexity index is 503. The Balaban J connectivity index is 3.02. The zero-order valence-corrected chi connectivity index (χ0v) is 9.64. The Hall–Kier alpha value is -2.35. The van der Waals surface area contributed by atoms with E-state index in [9.17, 15) is 14.9 Å². The third kappa shape index (κ3) is 2.82. The second-order valence-electron chi connectivity index (χ2n) is 3.62. The first-order valence-corrected chi connectivity index (χ1v) is 4.91. The van der Waals surface area contributed by atoms with Gasteiger partial charge >= 0.3 is 0 Å². The lowest BCUT2D eigenvalue weighted by molar-refractivity contribution is -0.385. The first kappa shape index (κ1) is 12.7. The van der Waals surface area contributed by atoms with Crippen molar-refractivity contribution in [1.29, 1.82) is 0 Å². The Kier molecular flexibility index (Phi) is 3.83. The third-order valence-corrected chi connectivity index (χ3v) is 2.32. The van der Waals surface area contributed by atoms with Crippen molar-refractivity contribution in [2.75, 3.05) is 13.6 Å². The summed E-state index contributed by atoms with van der Waals surface area (Å²) in [4.78, 5) is 23.3. The number of terminal acetylenes is 1. The zero-order chi connectivity index (χ0) is 13.0. The molecule has 17 heavy (non-hydrogen) atoms. The van der Waals surface area contributed by atoms with Crippen LogP contribution in [0.25, 0.3) is 0 Å². The van der Waals surface area contributed by atoms with Crippen molar-refractivity contribution in [3.8, 4) is 12.3 Å². The minimum atomic E-state index is -0.477. The number of nitrogens with zero attached hydrogens (tertiary/aromatic N) is 2. The van der Waals surface area contributed by atoms with E-state index in [1.165, 1.54) is 23.1 Å². The van der Waals surface area contributed by atoms with Gasteiger partial charge in [0, 0.05) is 24.2 Å². The number of amides is 1. The Labute approximate surface area is 99.2 Å². The van der Waals surface area contributed by atoms with Crippen LogP contribution in [0.15, 0.2) is 18.2 Å². The predicted octanol–water partition coefficient (Wildman–Crippen LogP) is 1.61. The SMILES string of the molecule is C#CCN(C)C(=O)c1ccc([N+](=O)[O-])c(C)c1. The number of nitro benzene ring substituents is 1. The van der Waals surface area contributed by atoms with Crippen molar-refractivity contribution in [3.63, 3.8) is 0 Å². The molecule has 0 heterocycles. The van der Waals surface area contributed by atoms with Gasteiger partial charge in [0.05, 0.1) is 11.5 Å². The highest BCUT2D eigenvalue weighted by Gasteiger charge is 2.15. The lowest BCUT2D eigenvalue weighted by Crippen LogP contribution is -2.26. The summed E-state index contributed by atoms with van der Waals surface area (Å²) >= 11 is 0. The molecule has 0 aliphatic heterocycles. The average molecular weight is 232 g/mol. The van der Waals surface area contributed by atoms with Crippen LogP contribution in [0.4, 0.5) is 5.69 Å². The average Bonchev–Trinajstić information content (AvgIpc) is 2.27. The normalized spacial score (nSPS) is 9.47. The molecule has 1 amide bonds. The second-order valence-corrected chi connectivity index (χ2v) is 3.62. The van der Waals surface area contributed by atoms with Gasteiger partial charge in [-0.1, -0.05) is 5.92 Å². The summed E-state index contributed by atoms with van der Waals surface area (Å²) in [7, 11) is 1.58. The number of hydrogen-bond donors (Lipinski definition) is 0. The van der Waals surface area contributed by atoms with E-state index in [1.807, 2.05) is 0 Å². The largest absolute Gasteiger partial charge is 0.331 e. The van der Waals surface area contributed by atoms with Crippen molar-refractivity contribution >= 4 is 11.6 Å². The van der Waals surface area contributed by atoms with Crippen molar-refractivity contribution in [2.24, 2.45) is 0 Å². The van der Waals surface area contributed by atoms with Crippen LogP contribution in [-0.4, -0.2) is 29.3 Å². The standard InChI is InChI=1S/C12H12N2O3/c1-4-7-13(3)12(15)10-5-6-11(14(16)17)9(2)8-10/h1,5-6,8H,7H2,2-3H3. The maximum absolute atomic E-state index is 11.8. The van der Waals surface area contributed by atoms with Gasteiger partial charge in [0.2, 0.25) is 0 Å². The molecular weight excluding hydrogens is 220 g/mol. The number of carbonyl (C=O) groups excluding carboxylic acids is 1. The molecule has 0 aliphatic carbocycles. The van der Waals surface area contributed by atoms with Crippen molar-refractivity contribution in [1.82, 2.24) is 4.90 Å². The first-order valence-electron chi connectivity index (χ1n) is 4.91. The quantitative estimate of drug-likeness (QED) is 0.452. The number of aryl methyl sites for hydroxylation is 1. The molecule has 0 saturated carbocycles. The molecule has 0 bridgehead atoms. The molecule has 0 saturated heterocycles.